The molecule has 0 aromatic heterocycles. The maximum absolute atomic E-state index is 12.5. The lowest BCUT2D eigenvalue weighted by atomic mass is 9.85. The van der Waals surface area contributed by atoms with E-state index in [4.69, 9.17) is 0 Å². The summed E-state index contributed by atoms with van der Waals surface area (Å²) in [5.74, 6) is -0.535. The van der Waals surface area contributed by atoms with E-state index in [9.17, 15) is 14.4 Å². The van der Waals surface area contributed by atoms with Crippen LogP contribution in [0.3, 0.4) is 0 Å². The average Bonchev–Trinajstić information content (AvgIpc) is 2.81. The van der Waals surface area contributed by atoms with Crippen LogP contribution in [0, 0.1) is 18.8 Å². The van der Waals surface area contributed by atoms with E-state index in [1.165, 1.54) is 4.90 Å². The fourth-order valence-electron chi connectivity index (χ4n) is 3.81. The summed E-state index contributed by atoms with van der Waals surface area (Å²) in [6.45, 7) is 2.80. The molecule has 4 amide bonds. The number of allylic oxidation sites excluding steroid dienone is 2. The number of fused-ring (bicyclic) bond motifs is 1. The number of amides is 4. The van der Waals surface area contributed by atoms with Gasteiger partial charge in [0.2, 0.25) is 11.8 Å². The number of urea groups is 1. The molecule has 0 spiro atoms. The van der Waals surface area contributed by atoms with Gasteiger partial charge in [0.15, 0.2) is 0 Å². The fraction of sp³-hybridized carbons (Fsp3) is 0.421. The molecule has 1 N–H and O–H groups in total. The van der Waals surface area contributed by atoms with Gasteiger partial charge in [0.25, 0.3) is 0 Å². The Balaban J connectivity index is 1.35. The van der Waals surface area contributed by atoms with Crippen LogP contribution in [0.4, 0.5) is 10.5 Å². The molecular formula is C19H21N3O3. The van der Waals surface area contributed by atoms with E-state index in [0.29, 0.717) is 25.9 Å². The van der Waals surface area contributed by atoms with Gasteiger partial charge >= 0.3 is 6.03 Å². The zero-order chi connectivity index (χ0) is 17.6. The van der Waals surface area contributed by atoms with Gasteiger partial charge in [-0.2, -0.15) is 0 Å². The molecule has 25 heavy (non-hydrogen) atoms. The number of aryl methyl sites for hydroxylation is 1. The molecule has 2 heterocycles. The molecule has 0 bridgehead atoms. The van der Waals surface area contributed by atoms with E-state index in [-0.39, 0.29) is 35.7 Å². The van der Waals surface area contributed by atoms with Crippen molar-refractivity contribution in [3.63, 3.8) is 0 Å². The summed E-state index contributed by atoms with van der Waals surface area (Å²) in [4.78, 5) is 40.4. The lowest BCUT2D eigenvalue weighted by Gasteiger charge is -2.43. The molecule has 6 heteroatoms. The minimum Gasteiger partial charge on any atom is -0.320 e. The van der Waals surface area contributed by atoms with Crippen molar-refractivity contribution in [3.8, 4) is 0 Å². The highest BCUT2D eigenvalue weighted by molar-refractivity contribution is 6.06. The quantitative estimate of drug-likeness (QED) is 0.663. The van der Waals surface area contributed by atoms with Crippen molar-refractivity contribution in [1.82, 2.24) is 9.80 Å². The first-order chi connectivity index (χ1) is 12.0. The monoisotopic (exact) mass is 339 g/mol. The Kier molecular flexibility index (Phi) is 3.82. The SMILES string of the molecule is Cc1ccc(NC(=O)N2CC(N3C(=O)C4CC=CCC4C3=O)C2)cc1. The minimum absolute atomic E-state index is 0.0667. The number of anilines is 1. The van der Waals surface area contributed by atoms with Crippen LogP contribution in [0.1, 0.15) is 18.4 Å². The van der Waals surface area contributed by atoms with Crippen LogP contribution in [-0.2, 0) is 9.59 Å². The van der Waals surface area contributed by atoms with Crippen LogP contribution in [-0.4, -0.2) is 46.8 Å². The third kappa shape index (κ3) is 2.71. The molecule has 1 aromatic carbocycles. The van der Waals surface area contributed by atoms with E-state index in [1.807, 2.05) is 43.3 Å². The molecule has 1 aromatic rings. The minimum atomic E-state index is -0.201. The standard InChI is InChI=1S/C19H21N3O3/c1-12-6-8-13(9-7-12)20-19(25)21-10-14(11-21)22-17(23)15-4-2-3-5-16(15)18(22)24/h2-3,6-9,14-16H,4-5,10-11H2,1H3,(H,20,25). The van der Waals surface area contributed by atoms with Crippen molar-refractivity contribution in [1.29, 1.82) is 0 Å². The van der Waals surface area contributed by atoms with Crippen LogP contribution >= 0.6 is 0 Å². The van der Waals surface area contributed by atoms with E-state index in [1.54, 1.807) is 4.90 Å². The Morgan fingerprint density at radius 3 is 2.12 bits per heavy atom. The number of rotatable bonds is 2. The van der Waals surface area contributed by atoms with Crippen LogP contribution in [0.15, 0.2) is 36.4 Å². The number of likely N-dealkylation sites (tertiary alicyclic amines) is 2. The normalized spacial score (nSPS) is 25.8. The molecule has 2 unspecified atom stereocenters. The molecule has 0 radical (unpaired) electrons. The highest BCUT2D eigenvalue weighted by Crippen LogP contribution is 2.37. The van der Waals surface area contributed by atoms with Gasteiger partial charge in [-0.05, 0) is 31.9 Å². The summed E-state index contributed by atoms with van der Waals surface area (Å²) >= 11 is 0. The summed E-state index contributed by atoms with van der Waals surface area (Å²) in [5, 5.41) is 2.84. The molecule has 6 nitrogen and oxygen atoms in total. The molecule has 2 atom stereocenters. The Hall–Kier alpha value is -2.63. The number of hydrogen-bond acceptors (Lipinski definition) is 3. The highest BCUT2D eigenvalue weighted by Gasteiger charge is 2.52. The lowest BCUT2D eigenvalue weighted by Crippen LogP contribution is -2.63. The van der Waals surface area contributed by atoms with Gasteiger partial charge in [-0.1, -0.05) is 29.8 Å². The van der Waals surface area contributed by atoms with E-state index < -0.39 is 0 Å². The van der Waals surface area contributed by atoms with Crippen molar-refractivity contribution in [2.45, 2.75) is 25.8 Å². The van der Waals surface area contributed by atoms with Gasteiger partial charge in [0, 0.05) is 18.8 Å². The molecule has 2 aliphatic heterocycles. The Morgan fingerprint density at radius 1 is 1.00 bits per heavy atom. The number of carbonyl (C=O) groups excluding carboxylic acids is 3. The average molecular weight is 339 g/mol. The van der Waals surface area contributed by atoms with Gasteiger partial charge in [-0.15, -0.1) is 0 Å². The van der Waals surface area contributed by atoms with Gasteiger partial charge in [-0.25, -0.2) is 4.79 Å². The van der Waals surface area contributed by atoms with Crippen molar-refractivity contribution >= 4 is 23.5 Å². The van der Waals surface area contributed by atoms with E-state index in [2.05, 4.69) is 5.32 Å². The summed E-state index contributed by atoms with van der Waals surface area (Å²) < 4.78 is 0. The van der Waals surface area contributed by atoms with Crippen molar-refractivity contribution < 1.29 is 14.4 Å². The summed E-state index contributed by atoms with van der Waals surface area (Å²) in [5.41, 5.74) is 1.87. The van der Waals surface area contributed by atoms with Crippen LogP contribution in [0.5, 0.6) is 0 Å². The van der Waals surface area contributed by atoms with E-state index >= 15 is 0 Å². The van der Waals surface area contributed by atoms with Gasteiger partial charge in [0.05, 0.1) is 17.9 Å². The number of nitrogens with one attached hydrogen (secondary N) is 1. The molecule has 2 saturated heterocycles. The van der Waals surface area contributed by atoms with Crippen LogP contribution in [0.25, 0.3) is 0 Å². The van der Waals surface area contributed by atoms with Crippen molar-refractivity contribution in [3.05, 3.63) is 42.0 Å². The first-order valence-corrected chi connectivity index (χ1v) is 8.69. The molecule has 2 fully saturated rings. The zero-order valence-corrected chi connectivity index (χ0v) is 14.1. The Morgan fingerprint density at radius 2 is 1.56 bits per heavy atom. The maximum Gasteiger partial charge on any atom is 0.321 e. The number of benzene rings is 1. The number of imide groups is 1. The molecule has 0 saturated carbocycles. The summed E-state index contributed by atoms with van der Waals surface area (Å²) in [6, 6.07) is 7.20. The maximum atomic E-state index is 12.5. The van der Waals surface area contributed by atoms with Crippen LogP contribution in [0.2, 0.25) is 0 Å². The largest absolute Gasteiger partial charge is 0.321 e. The first kappa shape index (κ1) is 15.9. The third-order valence-electron chi connectivity index (χ3n) is 5.36. The molecule has 4 rings (SSSR count). The fourth-order valence-corrected chi connectivity index (χ4v) is 3.81. The second-order valence-electron chi connectivity index (χ2n) is 7.06. The second kappa shape index (κ2) is 6.02. The Bertz CT molecular complexity index is 724. The number of hydrogen-bond donors (Lipinski definition) is 1. The molecule has 1 aliphatic carbocycles. The topological polar surface area (TPSA) is 69.7 Å². The van der Waals surface area contributed by atoms with Gasteiger partial charge in [-0.3, -0.25) is 14.5 Å². The van der Waals surface area contributed by atoms with Crippen LogP contribution < -0.4 is 5.32 Å². The molecule has 130 valence electrons. The molecule has 3 aliphatic rings. The smallest absolute Gasteiger partial charge is 0.320 e. The van der Waals surface area contributed by atoms with E-state index in [0.717, 1.165) is 11.3 Å². The molecular weight excluding hydrogens is 318 g/mol. The highest BCUT2D eigenvalue weighted by atomic mass is 16.2. The number of nitrogens with zero attached hydrogens (tertiary/aromatic N) is 2. The predicted molar refractivity (Wildman–Crippen MR) is 92.8 cm³/mol. The number of carbonyl (C=O) groups is 3. The van der Waals surface area contributed by atoms with Crippen molar-refractivity contribution in [2.24, 2.45) is 11.8 Å². The zero-order valence-electron chi connectivity index (χ0n) is 14.1. The van der Waals surface area contributed by atoms with Gasteiger partial charge in [0.1, 0.15) is 0 Å². The predicted octanol–water partition coefficient (Wildman–Crippen LogP) is 2.16. The lowest BCUT2D eigenvalue weighted by molar-refractivity contribution is -0.145. The second-order valence-corrected chi connectivity index (χ2v) is 7.06. The summed E-state index contributed by atoms with van der Waals surface area (Å²) in [7, 11) is 0. The summed E-state index contributed by atoms with van der Waals surface area (Å²) in [6.07, 6.45) is 5.27. The Labute approximate surface area is 146 Å². The first-order valence-electron chi connectivity index (χ1n) is 8.69. The third-order valence-corrected chi connectivity index (χ3v) is 5.36. The van der Waals surface area contributed by atoms with Crippen molar-refractivity contribution in [2.75, 3.05) is 18.4 Å². The van der Waals surface area contributed by atoms with Gasteiger partial charge < -0.3 is 10.2 Å².